The number of nitrogens with one attached hydrogen (secondary N) is 4. The first-order valence-electron chi connectivity index (χ1n) is 21.1. The van der Waals surface area contributed by atoms with E-state index >= 15 is 0 Å². The van der Waals surface area contributed by atoms with Gasteiger partial charge in [0.1, 0.15) is 11.9 Å². The van der Waals surface area contributed by atoms with Crippen molar-refractivity contribution < 1.29 is 24.2 Å². The fourth-order valence-electron chi connectivity index (χ4n) is 7.68. The van der Waals surface area contributed by atoms with Gasteiger partial charge in [-0.1, -0.05) is 121 Å². The Morgan fingerprint density at radius 2 is 1.26 bits per heavy atom. The number of rotatable bonds is 18. The van der Waals surface area contributed by atoms with Crippen molar-refractivity contribution >= 4 is 23.5 Å². The van der Waals surface area contributed by atoms with Crippen molar-refractivity contribution in [2.75, 3.05) is 57.7 Å². The maximum Gasteiger partial charge on any atom is 0.411 e. The third-order valence-electron chi connectivity index (χ3n) is 10.9. The fraction of sp³-hybridized carbons (Fsp3) is 0.235. The molecule has 0 radical (unpaired) electrons. The number of benzene rings is 6. The molecule has 1 saturated heterocycles. The monoisotopic (exact) mass is 815 g/mol. The lowest BCUT2D eigenvalue weighted by molar-refractivity contribution is 0.0593. The first kappa shape index (κ1) is 42.5. The van der Waals surface area contributed by atoms with Gasteiger partial charge in [0.25, 0.3) is 5.91 Å². The normalized spacial score (nSPS) is 13.0. The number of carbonyl (C=O) groups is 3. The topological polar surface area (TPSA) is 132 Å². The molecule has 5 N–H and O–H groups in total. The van der Waals surface area contributed by atoms with Crippen molar-refractivity contribution in [1.29, 1.82) is 0 Å². The quantitative estimate of drug-likeness (QED) is 0.0432. The highest BCUT2D eigenvalue weighted by molar-refractivity contribution is 6.02. The highest BCUT2D eigenvalue weighted by atomic mass is 16.6. The van der Waals surface area contributed by atoms with Crippen molar-refractivity contribution in [3.8, 4) is 39.1 Å². The van der Waals surface area contributed by atoms with Crippen molar-refractivity contribution in [3.63, 3.8) is 0 Å². The van der Waals surface area contributed by atoms with E-state index in [9.17, 15) is 19.5 Å². The van der Waals surface area contributed by atoms with Crippen LogP contribution in [-0.2, 0) is 11.2 Å². The summed E-state index contributed by atoms with van der Waals surface area (Å²) in [5.74, 6) is -0.0516. The third-order valence-corrected chi connectivity index (χ3v) is 10.9. The van der Waals surface area contributed by atoms with E-state index in [0.717, 1.165) is 71.5 Å². The van der Waals surface area contributed by atoms with Crippen molar-refractivity contribution in [1.82, 2.24) is 20.9 Å². The summed E-state index contributed by atoms with van der Waals surface area (Å²) in [4.78, 5) is 41.6. The smallest absolute Gasteiger partial charge is 0.411 e. The van der Waals surface area contributed by atoms with Crippen LogP contribution < -0.4 is 21.3 Å². The molecule has 10 nitrogen and oxygen atoms in total. The fourth-order valence-corrected chi connectivity index (χ4v) is 7.68. The summed E-state index contributed by atoms with van der Waals surface area (Å²) < 4.78 is 6.01. The summed E-state index contributed by atoms with van der Waals surface area (Å²) in [5, 5.41) is 22.0. The highest BCUT2D eigenvalue weighted by Gasteiger charge is 2.24. The van der Waals surface area contributed by atoms with Crippen molar-refractivity contribution in [3.05, 3.63) is 168 Å². The first-order valence-corrected chi connectivity index (χ1v) is 21.1. The minimum Gasteiger partial charge on any atom is -0.508 e. The van der Waals surface area contributed by atoms with E-state index in [2.05, 4.69) is 68.6 Å². The number of anilines is 1. The van der Waals surface area contributed by atoms with Gasteiger partial charge in [-0.15, -0.1) is 0 Å². The number of Topliss-reactive ketones (excluding diaryl/α,β-unsaturated/α-hetero) is 1. The number of aromatic hydroxyl groups is 1. The molecule has 0 aliphatic carbocycles. The lowest BCUT2D eigenvalue weighted by Gasteiger charge is -2.31. The lowest BCUT2D eigenvalue weighted by Crippen LogP contribution is -2.42. The molecule has 1 aliphatic rings. The van der Waals surface area contributed by atoms with Gasteiger partial charge in [0.05, 0.1) is 12.2 Å². The van der Waals surface area contributed by atoms with Gasteiger partial charge in [-0.2, -0.15) is 0 Å². The Morgan fingerprint density at radius 1 is 0.623 bits per heavy atom. The Hall–Kier alpha value is -6.59. The molecule has 6 aromatic rings. The van der Waals surface area contributed by atoms with Crippen molar-refractivity contribution in [2.45, 2.75) is 25.4 Å². The summed E-state index contributed by atoms with van der Waals surface area (Å²) in [7, 11) is 0. The Labute approximate surface area is 358 Å². The Kier molecular flexibility index (Phi) is 15.1. The minimum absolute atomic E-state index is 0.0790. The summed E-state index contributed by atoms with van der Waals surface area (Å²) in [5.41, 5.74) is 8.93. The predicted octanol–water partition coefficient (Wildman–Crippen LogP) is 8.44. The van der Waals surface area contributed by atoms with Crippen LogP contribution in [0.25, 0.3) is 33.4 Å². The molecule has 0 atom stereocenters. The largest absolute Gasteiger partial charge is 0.508 e. The maximum absolute atomic E-state index is 13.5. The number of likely N-dealkylation sites (tertiary alicyclic amines) is 1. The van der Waals surface area contributed by atoms with Gasteiger partial charge in [0.2, 0.25) is 0 Å². The second-order valence-corrected chi connectivity index (χ2v) is 15.2. The number of hydrogen-bond donors (Lipinski definition) is 5. The number of piperidine rings is 1. The Bertz CT molecular complexity index is 2360. The number of carbonyl (C=O) groups excluding carboxylic acids is 3. The molecule has 61 heavy (non-hydrogen) atoms. The molecular formula is C51H53N5O5. The number of ketones is 1. The average molecular weight is 816 g/mol. The van der Waals surface area contributed by atoms with Gasteiger partial charge in [-0.3, -0.25) is 14.9 Å². The number of phenols is 1. The molecule has 1 fully saturated rings. The van der Waals surface area contributed by atoms with Gasteiger partial charge in [0, 0.05) is 56.0 Å². The zero-order chi connectivity index (χ0) is 42.2. The SMILES string of the molecule is O=C(Nc1cccc(-c2ccccc2)c1-c1ccccc1-c1ccccc1)OC1CCN(CCNCC(=O)c2cccc(C(=O)NCCNCCc3ccc(O)cc3)c2)CC1. The molecule has 2 amide bonds. The number of phenolic OH excluding ortho intramolecular Hbond substituents is 1. The van der Waals surface area contributed by atoms with Crippen LogP contribution in [0.3, 0.4) is 0 Å². The van der Waals surface area contributed by atoms with Crippen LogP contribution in [-0.4, -0.2) is 86.3 Å². The third kappa shape index (κ3) is 12.0. The first-order chi connectivity index (χ1) is 29.9. The van der Waals surface area contributed by atoms with Gasteiger partial charge < -0.3 is 30.7 Å². The predicted molar refractivity (Wildman–Crippen MR) is 243 cm³/mol. The van der Waals surface area contributed by atoms with E-state index in [4.69, 9.17) is 4.74 Å². The molecule has 6 aromatic carbocycles. The molecule has 0 spiro atoms. The van der Waals surface area contributed by atoms with Crippen LogP contribution in [0.2, 0.25) is 0 Å². The van der Waals surface area contributed by atoms with E-state index in [-0.39, 0.29) is 30.1 Å². The van der Waals surface area contributed by atoms with E-state index in [1.807, 2.05) is 72.8 Å². The summed E-state index contributed by atoms with van der Waals surface area (Å²) in [6.45, 7) is 4.93. The van der Waals surface area contributed by atoms with Crippen LogP contribution in [0.5, 0.6) is 5.75 Å². The van der Waals surface area contributed by atoms with Gasteiger partial charge in [-0.25, -0.2) is 4.79 Å². The Balaban J connectivity index is 0.846. The number of amides is 2. The lowest BCUT2D eigenvalue weighted by atomic mass is 9.88. The molecule has 312 valence electrons. The summed E-state index contributed by atoms with van der Waals surface area (Å²) in [6.07, 6.45) is 1.57. The highest BCUT2D eigenvalue weighted by Crippen LogP contribution is 2.42. The Morgan fingerprint density at radius 3 is 2.00 bits per heavy atom. The second kappa shape index (κ2) is 21.6. The standard InChI is InChI=1S/C51H53N5O5/c57-42-23-21-37(22-24-42)25-28-52-29-30-54-50(59)41-16-9-15-40(35-41)48(58)36-53-31-34-56-32-26-43(27-33-56)61-51(60)55-47-20-10-19-45(39-13-5-2-6-14-39)49(47)46-18-8-7-17-44(46)38-11-3-1-4-12-38/h1-24,35,43,52-53,57H,25-34,36H2,(H,54,59)(H,55,60). The summed E-state index contributed by atoms with van der Waals surface area (Å²) >= 11 is 0. The van der Waals surface area contributed by atoms with E-state index in [1.165, 1.54) is 0 Å². The maximum atomic E-state index is 13.5. The second-order valence-electron chi connectivity index (χ2n) is 15.2. The number of nitrogens with zero attached hydrogens (tertiary/aromatic N) is 1. The van der Waals surface area contributed by atoms with Gasteiger partial charge in [-0.05, 0) is 89.5 Å². The molecule has 0 bridgehead atoms. The van der Waals surface area contributed by atoms with Crippen LogP contribution >= 0.6 is 0 Å². The summed E-state index contributed by atoms with van der Waals surface area (Å²) in [6, 6.07) is 48.7. The van der Waals surface area contributed by atoms with E-state index in [0.29, 0.717) is 49.3 Å². The van der Waals surface area contributed by atoms with Gasteiger partial charge in [0.15, 0.2) is 5.78 Å². The van der Waals surface area contributed by atoms with Crippen LogP contribution in [0.4, 0.5) is 10.5 Å². The van der Waals surface area contributed by atoms with Crippen LogP contribution in [0.1, 0.15) is 39.1 Å². The zero-order valence-corrected chi connectivity index (χ0v) is 34.3. The van der Waals surface area contributed by atoms with Crippen molar-refractivity contribution in [2.24, 2.45) is 0 Å². The molecule has 10 heteroatoms. The number of hydrogen-bond acceptors (Lipinski definition) is 8. The molecule has 1 aliphatic heterocycles. The van der Waals surface area contributed by atoms with Gasteiger partial charge >= 0.3 is 6.09 Å². The number of ether oxygens (including phenoxy) is 1. The molecule has 1 heterocycles. The van der Waals surface area contributed by atoms with E-state index < -0.39 is 6.09 Å². The molecule has 0 saturated carbocycles. The van der Waals surface area contributed by atoms with Crippen LogP contribution in [0.15, 0.2) is 152 Å². The van der Waals surface area contributed by atoms with E-state index in [1.54, 1.807) is 36.4 Å². The molecule has 0 aromatic heterocycles. The minimum atomic E-state index is -0.473. The molecule has 7 rings (SSSR count). The average Bonchev–Trinajstić information content (AvgIpc) is 3.30. The molecular weight excluding hydrogens is 763 g/mol. The van der Waals surface area contributed by atoms with Crippen LogP contribution in [0, 0.1) is 0 Å². The zero-order valence-electron chi connectivity index (χ0n) is 34.3. The molecule has 0 unspecified atom stereocenters.